The van der Waals surface area contributed by atoms with E-state index in [9.17, 15) is 9.18 Å². The first-order valence-corrected chi connectivity index (χ1v) is 8.97. The number of nitrogens with zero attached hydrogens (tertiary/aromatic N) is 1. The summed E-state index contributed by atoms with van der Waals surface area (Å²) in [6.07, 6.45) is 1.83. The lowest BCUT2D eigenvalue weighted by Gasteiger charge is -2.32. The highest BCUT2D eigenvalue weighted by Gasteiger charge is 2.26. The Morgan fingerprint density at radius 1 is 1.20 bits per heavy atom. The van der Waals surface area contributed by atoms with Crippen LogP contribution < -0.4 is 5.32 Å². The number of amides is 1. The first-order valence-electron chi connectivity index (χ1n) is 8.60. The predicted octanol–water partition coefficient (Wildman–Crippen LogP) is 4.01. The molecule has 1 fully saturated rings. The summed E-state index contributed by atoms with van der Waals surface area (Å²) in [4.78, 5) is 14.6. The SMILES string of the molecule is O=C(NCc1ccc(Cl)cc1)C1CCCN(Cc2ccccc2F)C1. The van der Waals surface area contributed by atoms with Gasteiger partial charge in [0.05, 0.1) is 5.92 Å². The van der Waals surface area contributed by atoms with E-state index in [0.717, 1.165) is 24.9 Å². The number of hydrogen-bond donors (Lipinski definition) is 1. The van der Waals surface area contributed by atoms with E-state index in [1.807, 2.05) is 30.3 Å². The van der Waals surface area contributed by atoms with Crippen molar-refractivity contribution in [2.75, 3.05) is 13.1 Å². The minimum absolute atomic E-state index is 0.0483. The second kappa shape index (κ2) is 8.45. The second-order valence-corrected chi connectivity index (χ2v) is 6.95. The number of carbonyl (C=O) groups excluding carboxylic acids is 1. The van der Waals surface area contributed by atoms with Gasteiger partial charge in [0, 0.05) is 30.2 Å². The van der Waals surface area contributed by atoms with Gasteiger partial charge in [-0.05, 0) is 43.1 Å². The maximum absolute atomic E-state index is 13.8. The third-order valence-electron chi connectivity index (χ3n) is 4.61. The van der Waals surface area contributed by atoms with E-state index < -0.39 is 0 Å². The molecule has 0 aromatic heterocycles. The molecule has 0 aliphatic carbocycles. The summed E-state index contributed by atoms with van der Waals surface area (Å²) in [5.41, 5.74) is 1.71. The molecular weight excluding hydrogens is 339 g/mol. The molecule has 5 heteroatoms. The summed E-state index contributed by atoms with van der Waals surface area (Å²) >= 11 is 5.87. The number of benzene rings is 2. The zero-order valence-corrected chi connectivity index (χ0v) is 14.8. The van der Waals surface area contributed by atoms with Gasteiger partial charge in [-0.25, -0.2) is 4.39 Å². The van der Waals surface area contributed by atoms with E-state index >= 15 is 0 Å². The average Bonchev–Trinajstić information content (AvgIpc) is 2.63. The summed E-state index contributed by atoms with van der Waals surface area (Å²) < 4.78 is 13.8. The van der Waals surface area contributed by atoms with Gasteiger partial charge in [0.2, 0.25) is 5.91 Å². The van der Waals surface area contributed by atoms with Crippen molar-refractivity contribution in [3.63, 3.8) is 0 Å². The Balaban J connectivity index is 1.52. The summed E-state index contributed by atoms with van der Waals surface area (Å²) in [7, 11) is 0. The normalized spacial score (nSPS) is 18.1. The molecule has 2 aromatic rings. The summed E-state index contributed by atoms with van der Waals surface area (Å²) in [5.74, 6) is -0.169. The summed E-state index contributed by atoms with van der Waals surface area (Å²) in [5, 5.41) is 3.69. The lowest BCUT2D eigenvalue weighted by Crippen LogP contribution is -2.42. The van der Waals surface area contributed by atoms with E-state index in [4.69, 9.17) is 11.6 Å². The molecule has 0 bridgehead atoms. The van der Waals surface area contributed by atoms with Crippen molar-refractivity contribution < 1.29 is 9.18 Å². The van der Waals surface area contributed by atoms with E-state index in [1.54, 1.807) is 12.1 Å². The zero-order chi connectivity index (χ0) is 17.6. The van der Waals surface area contributed by atoms with Crippen molar-refractivity contribution in [2.45, 2.75) is 25.9 Å². The van der Waals surface area contributed by atoms with Crippen molar-refractivity contribution in [2.24, 2.45) is 5.92 Å². The molecule has 1 atom stereocenters. The van der Waals surface area contributed by atoms with Crippen LogP contribution in [0.5, 0.6) is 0 Å². The van der Waals surface area contributed by atoms with Crippen LogP contribution in [0.25, 0.3) is 0 Å². The number of carbonyl (C=O) groups is 1. The van der Waals surface area contributed by atoms with Crippen LogP contribution in [-0.4, -0.2) is 23.9 Å². The largest absolute Gasteiger partial charge is 0.352 e. The van der Waals surface area contributed by atoms with Gasteiger partial charge in [0.25, 0.3) is 0 Å². The average molecular weight is 361 g/mol. The molecule has 3 rings (SSSR count). The van der Waals surface area contributed by atoms with Crippen LogP contribution in [0.4, 0.5) is 4.39 Å². The molecule has 0 saturated carbocycles. The molecule has 0 spiro atoms. The van der Waals surface area contributed by atoms with Crippen molar-refractivity contribution in [3.05, 3.63) is 70.5 Å². The third-order valence-corrected chi connectivity index (χ3v) is 4.86. The molecule has 1 unspecified atom stereocenters. The van der Waals surface area contributed by atoms with Crippen LogP contribution in [0, 0.1) is 11.7 Å². The molecule has 1 N–H and O–H groups in total. The Morgan fingerprint density at radius 3 is 2.72 bits per heavy atom. The molecule has 1 amide bonds. The van der Waals surface area contributed by atoms with E-state index in [2.05, 4.69) is 10.2 Å². The quantitative estimate of drug-likeness (QED) is 0.873. The highest BCUT2D eigenvalue weighted by Crippen LogP contribution is 2.20. The maximum Gasteiger partial charge on any atom is 0.224 e. The van der Waals surface area contributed by atoms with Crippen LogP contribution in [0.1, 0.15) is 24.0 Å². The third kappa shape index (κ3) is 5.03. The highest BCUT2D eigenvalue weighted by molar-refractivity contribution is 6.30. The molecular formula is C20H22ClFN2O. The molecule has 1 aliphatic heterocycles. The molecule has 1 saturated heterocycles. The molecule has 2 aromatic carbocycles. The molecule has 0 radical (unpaired) electrons. The molecule has 1 heterocycles. The van der Waals surface area contributed by atoms with Gasteiger partial charge < -0.3 is 5.32 Å². The van der Waals surface area contributed by atoms with Gasteiger partial charge >= 0.3 is 0 Å². The molecule has 3 nitrogen and oxygen atoms in total. The fraction of sp³-hybridized carbons (Fsp3) is 0.350. The van der Waals surface area contributed by atoms with Gasteiger partial charge in [-0.1, -0.05) is 41.9 Å². The Kier molecular flexibility index (Phi) is 6.05. The minimum atomic E-state index is -0.184. The molecule has 25 heavy (non-hydrogen) atoms. The number of rotatable bonds is 5. The van der Waals surface area contributed by atoms with Crippen molar-refractivity contribution in [1.82, 2.24) is 10.2 Å². The maximum atomic E-state index is 13.8. The highest BCUT2D eigenvalue weighted by atomic mass is 35.5. The Morgan fingerprint density at radius 2 is 1.96 bits per heavy atom. The topological polar surface area (TPSA) is 32.3 Å². The Hall–Kier alpha value is -1.91. The van der Waals surface area contributed by atoms with Gasteiger partial charge in [0.15, 0.2) is 0 Å². The Bertz CT molecular complexity index is 720. The summed E-state index contributed by atoms with van der Waals surface area (Å²) in [6.45, 7) is 2.61. The monoisotopic (exact) mass is 360 g/mol. The van der Waals surface area contributed by atoms with Crippen molar-refractivity contribution in [3.8, 4) is 0 Å². The summed E-state index contributed by atoms with van der Waals surface area (Å²) in [6, 6.07) is 14.3. The number of likely N-dealkylation sites (tertiary alicyclic amines) is 1. The van der Waals surface area contributed by atoms with Gasteiger partial charge in [0.1, 0.15) is 5.82 Å². The fourth-order valence-electron chi connectivity index (χ4n) is 3.22. The standard InChI is InChI=1S/C20H22ClFN2O/c21-18-9-7-15(8-10-18)12-23-20(25)17-5-3-11-24(14-17)13-16-4-1-2-6-19(16)22/h1-2,4,6-10,17H,3,5,11-14H2,(H,23,25). The fourth-order valence-corrected chi connectivity index (χ4v) is 3.34. The van der Waals surface area contributed by atoms with Gasteiger partial charge in [-0.3, -0.25) is 9.69 Å². The first-order chi connectivity index (χ1) is 12.1. The number of piperidine rings is 1. The lowest BCUT2D eigenvalue weighted by atomic mass is 9.96. The number of hydrogen-bond acceptors (Lipinski definition) is 2. The first kappa shape index (κ1) is 17.9. The zero-order valence-electron chi connectivity index (χ0n) is 14.1. The lowest BCUT2D eigenvalue weighted by molar-refractivity contribution is -0.126. The van der Waals surface area contributed by atoms with Crippen LogP contribution in [0.15, 0.2) is 48.5 Å². The minimum Gasteiger partial charge on any atom is -0.352 e. The van der Waals surface area contributed by atoms with Crippen LogP contribution in [-0.2, 0) is 17.9 Å². The van der Waals surface area contributed by atoms with E-state index in [0.29, 0.717) is 30.2 Å². The number of halogens is 2. The van der Waals surface area contributed by atoms with Crippen LogP contribution in [0.2, 0.25) is 5.02 Å². The predicted molar refractivity (Wildman–Crippen MR) is 97.7 cm³/mol. The van der Waals surface area contributed by atoms with E-state index in [1.165, 1.54) is 6.07 Å². The smallest absolute Gasteiger partial charge is 0.224 e. The second-order valence-electron chi connectivity index (χ2n) is 6.51. The van der Waals surface area contributed by atoms with Crippen LogP contribution >= 0.6 is 11.6 Å². The Labute approximate surface area is 152 Å². The van der Waals surface area contributed by atoms with Crippen molar-refractivity contribution >= 4 is 17.5 Å². The van der Waals surface area contributed by atoms with Crippen molar-refractivity contribution in [1.29, 1.82) is 0 Å². The molecule has 132 valence electrons. The molecule has 1 aliphatic rings. The van der Waals surface area contributed by atoms with Gasteiger partial charge in [-0.2, -0.15) is 0 Å². The van der Waals surface area contributed by atoms with Gasteiger partial charge in [-0.15, -0.1) is 0 Å². The van der Waals surface area contributed by atoms with Crippen LogP contribution in [0.3, 0.4) is 0 Å². The van der Waals surface area contributed by atoms with E-state index in [-0.39, 0.29) is 17.6 Å². The number of nitrogens with one attached hydrogen (secondary N) is 1.